The molecule has 0 spiro atoms. The van der Waals surface area contributed by atoms with E-state index >= 15 is 0 Å². The third kappa shape index (κ3) is 4.01. The Morgan fingerprint density at radius 2 is 1.96 bits per heavy atom. The number of aromatic nitrogens is 2. The molecule has 1 aromatic carbocycles. The molecule has 0 saturated carbocycles. The Kier molecular flexibility index (Phi) is 5.50. The number of benzene rings is 1. The summed E-state index contributed by atoms with van der Waals surface area (Å²) >= 11 is 0. The van der Waals surface area contributed by atoms with E-state index in [2.05, 4.69) is 10.3 Å². The van der Waals surface area contributed by atoms with Gasteiger partial charge in [-0.05, 0) is 44.0 Å². The molecule has 0 bridgehead atoms. The minimum absolute atomic E-state index is 0.0234. The van der Waals surface area contributed by atoms with Gasteiger partial charge in [-0.1, -0.05) is 0 Å². The second-order valence-corrected chi connectivity index (χ2v) is 6.06. The number of carbonyl (C=O) groups is 2. The van der Waals surface area contributed by atoms with E-state index in [1.54, 1.807) is 28.5 Å². The molecule has 1 aliphatic heterocycles. The number of halogens is 1. The molecular weight excluding hydrogens is 339 g/mol. The van der Waals surface area contributed by atoms with E-state index in [-0.39, 0.29) is 23.9 Å². The Balaban J connectivity index is 1.61. The summed E-state index contributed by atoms with van der Waals surface area (Å²) in [5.74, 6) is -0.588. The lowest BCUT2D eigenvalue weighted by Crippen LogP contribution is -2.47. The zero-order valence-corrected chi connectivity index (χ0v) is 14.5. The van der Waals surface area contributed by atoms with Gasteiger partial charge in [0, 0.05) is 24.8 Å². The molecule has 0 atom stereocenters. The number of ether oxygens (including phenoxy) is 1. The summed E-state index contributed by atoms with van der Waals surface area (Å²) in [7, 11) is 0. The van der Waals surface area contributed by atoms with Crippen LogP contribution in [0.5, 0.6) is 0 Å². The number of carbonyl (C=O) groups excluding carboxylic acids is 2. The highest BCUT2D eigenvalue weighted by Gasteiger charge is 2.25. The van der Waals surface area contributed by atoms with Crippen LogP contribution in [-0.2, 0) is 4.74 Å². The van der Waals surface area contributed by atoms with Crippen molar-refractivity contribution in [1.82, 2.24) is 19.8 Å². The summed E-state index contributed by atoms with van der Waals surface area (Å²) in [5, 5.41) is 2.98. The number of amides is 2. The third-order valence-corrected chi connectivity index (χ3v) is 4.33. The third-order valence-electron chi connectivity index (χ3n) is 4.33. The van der Waals surface area contributed by atoms with Gasteiger partial charge in [0.15, 0.2) is 0 Å². The first-order valence-corrected chi connectivity index (χ1v) is 8.59. The van der Waals surface area contributed by atoms with Crippen molar-refractivity contribution in [3.63, 3.8) is 0 Å². The van der Waals surface area contributed by atoms with Crippen LogP contribution in [0.3, 0.4) is 0 Å². The summed E-state index contributed by atoms with van der Waals surface area (Å²) in [6.45, 7) is 3.21. The summed E-state index contributed by atoms with van der Waals surface area (Å²) < 4.78 is 19.7. The highest BCUT2D eigenvalue weighted by Crippen LogP contribution is 2.15. The van der Waals surface area contributed by atoms with E-state index in [0.29, 0.717) is 43.9 Å². The topological polar surface area (TPSA) is 76.5 Å². The number of nitrogens with zero attached hydrogens (tertiary/aromatic N) is 3. The van der Waals surface area contributed by atoms with Crippen molar-refractivity contribution >= 4 is 12.0 Å². The van der Waals surface area contributed by atoms with Gasteiger partial charge < -0.3 is 15.0 Å². The second-order valence-electron chi connectivity index (χ2n) is 6.06. The zero-order chi connectivity index (χ0) is 18.5. The van der Waals surface area contributed by atoms with Crippen molar-refractivity contribution in [2.45, 2.75) is 25.8 Å². The Bertz CT molecular complexity index is 767. The number of piperidine rings is 1. The highest BCUT2D eigenvalue weighted by molar-refractivity contribution is 5.93. The predicted molar refractivity (Wildman–Crippen MR) is 92.6 cm³/mol. The van der Waals surface area contributed by atoms with Crippen molar-refractivity contribution < 1.29 is 18.7 Å². The van der Waals surface area contributed by atoms with E-state index < -0.39 is 0 Å². The lowest BCUT2D eigenvalue weighted by atomic mass is 10.1. The quantitative estimate of drug-likeness (QED) is 0.908. The molecule has 1 aliphatic rings. The lowest BCUT2D eigenvalue weighted by Gasteiger charge is -2.31. The highest BCUT2D eigenvalue weighted by atomic mass is 19.1. The van der Waals surface area contributed by atoms with Crippen LogP contribution >= 0.6 is 0 Å². The largest absolute Gasteiger partial charge is 0.450 e. The number of hydrogen-bond donors (Lipinski definition) is 1. The fourth-order valence-electron chi connectivity index (χ4n) is 2.95. The maximum absolute atomic E-state index is 13.1. The number of likely N-dealkylation sites (tertiary alicyclic amines) is 1. The molecule has 7 nitrogen and oxygen atoms in total. The monoisotopic (exact) mass is 360 g/mol. The first kappa shape index (κ1) is 17.9. The molecule has 1 fully saturated rings. The van der Waals surface area contributed by atoms with Crippen LogP contribution in [0, 0.1) is 5.82 Å². The minimum atomic E-state index is -0.340. The fraction of sp³-hybridized carbons (Fsp3) is 0.389. The van der Waals surface area contributed by atoms with Crippen LogP contribution in [0.1, 0.15) is 30.3 Å². The molecule has 8 heteroatoms. The molecule has 1 saturated heterocycles. The molecule has 2 aromatic rings. The number of rotatable bonds is 4. The van der Waals surface area contributed by atoms with Crippen LogP contribution < -0.4 is 5.32 Å². The average molecular weight is 360 g/mol. The molecule has 2 heterocycles. The lowest BCUT2D eigenvalue weighted by molar-refractivity contribution is 0.0855. The normalized spacial score (nSPS) is 14.9. The average Bonchev–Trinajstić information content (AvgIpc) is 3.13. The van der Waals surface area contributed by atoms with Gasteiger partial charge in [0.05, 0.1) is 19.1 Å². The second kappa shape index (κ2) is 7.99. The Labute approximate surface area is 150 Å². The smallest absolute Gasteiger partial charge is 0.409 e. The summed E-state index contributed by atoms with van der Waals surface area (Å²) in [5.41, 5.74) is 1.04. The number of nitrogens with one attached hydrogen (secondary N) is 1. The number of imidazole rings is 1. The molecule has 1 N–H and O–H groups in total. The van der Waals surface area contributed by atoms with Crippen molar-refractivity contribution in [2.24, 2.45) is 0 Å². The maximum Gasteiger partial charge on any atom is 0.409 e. The molecule has 26 heavy (non-hydrogen) atoms. The minimum Gasteiger partial charge on any atom is -0.450 e. The molecule has 0 radical (unpaired) electrons. The summed E-state index contributed by atoms with van der Waals surface area (Å²) in [6, 6.07) is 5.83. The van der Waals surface area contributed by atoms with E-state index in [1.165, 1.54) is 24.7 Å². The summed E-state index contributed by atoms with van der Waals surface area (Å²) in [4.78, 5) is 30.0. The SMILES string of the molecule is CCOC(=O)N1CCC(NC(=O)c2cncn2-c2ccc(F)cc2)CC1. The van der Waals surface area contributed by atoms with Gasteiger partial charge in [-0.25, -0.2) is 14.2 Å². The van der Waals surface area contributed by atoms with E-state index in [1.807, 2.05) is 0 Å². The van der Waals surface area contributed by atoms with E-state index in [4.69, 9.17) is 4.74 Å². The molecule has 1 aromatic heterocycles. The fourth-order valence-corrected chi connectivity index (χ4v) is 2.95. The molecule has 2 amide bonds. The van der Waals surface area contributed by atoms with Gasteiger partial charge in [0.2, 0.25) is 0 Å². The van der Waals surface area contributed by atoms with Crippen molar-refractivity contribution in [1.29, 1.82) is 0 Å². The van der Waals surface area contributed by atoms with Gasteiger partial charge in [-0.15, -0.1) is 0 Å². The van der Waals surface area contributed by atoms with Gasteiger partial charge in [0.25, 0.3) is 5.91 Å². The van der Waals surface area contributed by atoms with Crippen molar-refractivity contribution in [2.75, 3.05) is 19.7 Å². The van der Waals surface area contributed by atoms with Crippen molar-refractivity contribution in [3.8, 4) is 5.69 Å². The van der Waals surface area contributed by atoms with Crippen molar-refractivity contribution in [3.05, 3.63) is 48.3 Å². The zero-order valence-electron chi connectivity index (χ0n) is 14.5. The van der Waals surface area contributed by atoms with Crippen LogP contribution in [0.4, 0.5) is 9.18 Å². The molecular formula is C18H21FN4O3. The summed E-state index contributed by atoms with van der Waals surface area (Å²) in [6.07, 6.45) is 4.01. The van der Waals surface area contributed by atoms with E-state index in [9.17, 15) is 14.0 Å². The first-order chi connectivity index (χ1) is 12.6. The molecule has 138 valence electrons. The van der Waals surface area contributed by atoms with Gasteiger partial charge in [-0.3, -0.25) is 9.36 Å². The van der Waals surface area contributed by atoms with Gasteiger partial charge in [0.1, 0.15) is 11.5 Å². The molecule has 0 aliphatic carbocycles. The van der Waals surface area contributed by atoms with Crippen LogP contribution in [-0.4, -0.2) is 52.2 Å². The maximum atomic E-state index is 13.1. The Hall–Kier alpha value is -2.90. The molecule has 0 unspecified atom stereocenters. The van der Waals surface area contributed by atoms with Crippen LogP contribution in [0.25, 0.3) is 5.69 Å². The standard InChI is InChI=1S/C18H21FN4O3/c1-2-26-18(25)22-9-7-14(8-10-22)21-17(24)16-11-20-12-23(16)15-5-3-13(19)4-6-15/h3-6,11-12,14H,2,7-10H2,1H3,(H,21,24). The Morgan fingerprint density at radius 3 is 2.62 bits per heavy atom. The van der Waals surface area contributed by atoms with Gasteiger partial charge in [-0.2, -0.15) is 0 Å². The number of hydrogen-bond acceptors (Lipinski definition) is 4. The van der Waals surface area contributed by atoms with Crippen LogP contribution in [0.15, 0.2) is 36.8 Å². The first-order valence-electron chi connectivity index (χ1n) is 8.59. The van der Waals surface area contributed by atoms with Crippen LogP contribution in [0.2, 0.25) is 0 Å². The molecule has 3 rings (SSSR count). The Morgan fingerprint density at radius 1 is 1.27 bits per heavy atom. The van der Waals surface area contributed by atoms with Gasteiger partial charge >= 0.3 is 6.09 Å². The predicted octanol–water partition coefficient (Wildman–Crippen LogP) is 2.36. The van der Waals surface area contributed by atoms with E-state index in [0.717, 1.165) is 0 Å².